The fraction of sp³-hybridized carbons (Fsp3) is 0.364. The van der Waals surface area contributed by atoms with Crippen molar-refractivity contribution in [1.82, 2.24) is 10.2 Å². The normalized spacial score (nSPS) is 13.9. The van der Waals surface area contributed by atoms with E-state index in [-0.39, 0.29) is 11.8 Å². The summed E-state index contributed by atoms with van der Waals surface area (Å²) in [5, 5.41) is 3.00. The van der Waals surface area contributed by atoms with Crippen molar-refractivity contribution in [3.63, 3.8) is 0 Å². The second kappa shape index (κ2) is 9.26. The minimum Gasteiger partial charge on any atom is -0.496 e. The summed E-state index contributed by atoms with van der Waals surface area (Å²) in [5.41, 5.74) is 2.89. The Bertz CT molecular complexity index is 812. The van der Waals surface area contributed by atoms with Gasteiger partial charge in [-0.15, -0.1) is 0 Å². The lowest BCUT2D eigenvalue weighted by Gasteiger charge is -2.36. The first-order valence-electron chi connectivity index (χ1n) is 9.59. The van der Waals surface area contributed by atoms with E-state index < -0.39 is 0 Å². The van der Waals surface area contributed by atoms with Crippen LogP contribution in [0.2, 0.25) is 0 Å². The van der Waals surface area contributed by atoms with Crippen molar-refractivity contribution in [3.05, 3.63) is 59.7 Å². The fourth-order valence-corrected chi connectivity index (χ4v) is 3.40. The van der Waals surface area contributed by atoms with Crippen molar-refractivity contribution in [2.75, 3.05) is 44.7 Å². The maximum atomic E-state index is 12.4. The molecule has 2 aromatic rings. The Morgan fingerprint density at radius 2 is 1.68 bits per heavy atom. The van der Waals surface area contributed by atoms with Crippen LogP contribution in [0.15, 0.2) is 48.5 Å². The molecule has 0 atom stereocenters. The number of piperazine rings is 1. The number of benzene rings is 2. The third kappa shape index (κ3) is 4.82. The zero-order chi connectivity index (χ0) is 19.9. The van der Waals surface area contributed by atoms with Crippen LogP contribution >= 0.6 is 0 Å². The molecule has 6 heteroatoms. The average molecular weight is 381 g/mol. The number of ether oxygens (including phenoxy) is 1. The molecule has 148 valence electrons. The summed E-state index contributed by atoms with van der Waals surface area (Å²) in [5.74, 6) is 0.919. The molecule has 2 amide bonds. The summed E-state index contributed by atoms with van der Waals surface area (Å²) < 4.78 is 5.35. The van der Waals surface area contributed by atoms with Gasteiger partial charge in [0.25, 0.3) is 0 Å². The van der Waals surface area contributed by atoms with Crippen molar-refractivity contribution >= 4 is 17.5 Å². The second-order valence-electron chi connectivity index (χ2n) is 6.87. The number of amides is 2. The van der Waals surface area contributed by atoms with E-state index in [0.717, 1.165) is 42.1 Å². The first-order chi connectivity index (χ1) is 13.6. The molecule has 0 radical (unpaired) electrons. The third-order valence-electron chi connectivity index (χ3n) is 5.07. The molecule has 0 aromatic heterocycles. The number of ketones is 1. The highest BCUT2D eigenvalue weighted by molar-refractivity contribution is 5.94. The van der Waals surface area contributed by atoms with Crippen LogP contribution in [-0.4, -0.2) is 56.5 Å². The molecule has 1 heterocycles. The number of Topliss-reactive ketones (excluding diaryl/α,β-unsaturated/α-hetero) is 1. The van der Waals surface area contributed by atoms with Gasteiger partial charge in [0.15, 0.2) is 5.78 Å². The van der Waals surface area contributed by atoms with Crippen molar-refractivity contribution < 1.29 is 14.3 Å². The predicted octanol–water partition coefficient (Wildman–Crippen LogP) is 2.97. The van der Waals surface area contributed by atoms with Crippen molar-refractivity contribution in [3.8, 4) is 5.75 Å². The summed E-state index contributed by atoms with van der Waals surface area (Å²) in [7, 11) is 1.66. The molecule has 0 unspecified atom stereocenters. The number of carbonyl (C=O) groups excluding carboxylic acids is 2. The molecule has 0 bridgehead atoms. The van der Waals surface area contributed by atoms with Crippen LogP contribution in [0, 0.1) is 0 Å². The smallest absolute Gasteiger partial charge is 0.317 e. The number of anilines is 1. The third-order valence-corrected chi connectivity index (χ3v) is 5.07. The Hall–Kier alpha value is -3.02. The predicted molar refractivity (Wildman–Crippen MR) is 110 cm³/mol. The standard InChI is InChI=1S/C22H27N3O3/c1-17(26)18-7-9-20(10-8-18)24-13-15-25(16-14-24)22(27)23-12-11-19-5-3-4-6-21(19)28-2/h3-10H,11-16H2,1-2H3,(H,23,27). The van der Waals surface area contributed by atoms with E-state index in [1.165, 1.54) is 0 Å². The molecule has 0 saturated carbocycles. The first-order valence-corrected chi connectivity index (χ1v) is 9.59. The number of nitrogens with one attached hydrogen (secondary N) is 1. The van der Waals surface area contributed by atoms with E-state index in [1.54, 1.807) is 14.0 Å². The number of methoxy groups -OCH3 is 1. The van der Waals surface area contributed by atoms with Crippen LogP contribution in [0.1, 0.15) is 22.8 Å². The van der Waals surface area contributed by atoms with Crippen LogP contribution in [0.3, 0.4) is 0 Å². The number of para-hydroxylation sites is 1. The highest BCUT2D eigenvalue weighted by Crippen LogP contribution is 2.19. The lowest BCUT2D eigenvalue weighted by Crippen LogP contribution is -2.52. The molecule has 1 aliphatic rings. The molecule has 1 N–H and O–H groups in total. The Morgan fingerprint density at radius 1 is 1.00 bits per heavy atom. The van der Waals surface area contributed by atoms with Gasteiger partial charge in [0.2, 0.25) is 0 Å². The van der Waals surface area contributed by atoms with E-state index in [1.807, 2.05) is 53.4 Å². The fourth-order valence-electron chi connectivity index (χ4n) is 3.40. The lowest BCUT2D eigenvalue weighted by atomic mass is 10.1. The zero-order valence-corrected chi connectivity index (χ0v) is 16.5. The van der Waals surface area contributed by atoms with E-state index in [9.17, 15) is 9.59 Å². The molecular formula is C22H27N3O3. The van der Waals surface area contributed by atoms with Crippen LogP contribution in [0.25, 0.3) is 0 Å². The molecule has 0 spiro atoms. The molecule has 1 aliphatic heterocycles. The van der Waals surface area contributed by atoms with E-state index in [4.69, 9.17) is 4.74 Å². The molecule has 6 nitrogen and oxygen atoms in total. The van der Waals surface area contributed by atoms with Crippen LogP contribution in [0.4, 0.5) is 10.5 Å². The summed E-state index contributed by atoms with van der Waals surface area (Å²) in [6, 6.07) is 15.5. The topological polar surface area (TPSA) is 61.9 Å². The summed E-state index contributed by atoms with van der Waals surface area (Å²) in [4.78, 5) is 27.9. The van der Waals surface area contributed by atoms with Gasteiger partial charge in [-0.3, -0.25) is 4.79 Å². The Balaban J connectivity index is 1.45. The van der Waals surface area contributed by atoms with Gasteiger partial charge in [-0.05, 0) is 49.2 Å². The molecular weight excluding hydrogens is 354 g/mol. The van der Waals surface area contributed by atoms with Gasteiger partial charge >= 0.3 is 6.03 Å². The summed E-state index contributed by atoms with van der Waals surface area (Å²) in [6.07, 6.45) is 0.734. The van der Waals surface area contributed by atoms with Gasteiger partial charge < -0.3 is 19.9 Å². The number of rotatable bonds is 6. The number of carbonyl (C=O) groups is 2. The summed E-state index contributed by atoms with van der Waals surface area (Å²) in [6.45, 7) is 5.05. The van der Waals surface area contributed by atoms with Crippen molar-refractivity contribution in [2.45, 2.75) is 13.3 Å². The zero-order valence-electron chi connectivity index (χ0n) is 16.5. The highest BCUT2D eigenvalue weighted by Gasteiger charge is 2.21. The minimum absolute atomic E-state index is 0.0264. The van der Waals surface area contributed by atoms with Gasteiger partial charge in [0.1, 0.15) is 5.75 Å². The quantitative estimate of drug-likeness (QED) is 0.782. The van der Waals surface area contributed by atoms with Gasteiger partial charge in [0.05, 0.1) is 7.11 Å². The van der Waals surface area contributed by atoms with E-state index >= 15 is 0 Å². The second-order valence-corrected chi connectivity index (χ2v) is 6.87. The number of nitrogens with zero attached hydrogens (tertiary/aromatic N) is 2. The number of urea groups is 1. The largest absolute Gasteiger partial charge is 0.496 e. The molecule has 1 fully saturated rings. The monoisotopic (exact) mass is 381 g/mol. The lowest BCUT2D eigenvalue weighted by molar-refractivity contribution is 0.101. The first kappa shape index (κ1) is 19.7. The molecule has 0 aliphatic carbocycles. The van der Waals surface area contributed by atoms with Crippen molar-refractivity contribution in [1.29, 1.82) is 0 Å². The molecule has 2 aromatic carbocycles. The average Bonchev–Trinajstić information content (AvgIpc) is 2.74. The number of hydrogen-bond acceptors (Lipinski definition) is 4. The maximum Gasteiger partial charge on any atom is 0.317 e. The highest BCUT2D eigenvalue weighted by atomic mass is 16.5. The Kier molecular flexibility index (Phi) is 6.53. The molecule has 28 heavy (non-hydrogen) atoms. The SMILES string of the molecule is COc1ccccc1CCNC(=O)N1CCN(c2ccc(C(C)=O)cc2)CC1. The van der Waals surface area contributed by atoms with Crippen LogP contribution < -0.4 is 15.0 Å². The maximum absolute atomic E-state index is 12.4. The molecule has 3 rings (SSSR count). The van der Waals surface area contributed by atoms with Gasteiger partial charge in [-0.1, -0.05) is 18.2 Å². The summed E-state index contributed by atoms with van der Waals surface area (Å²) >= 11 is 0. The van der Waals surface area contributed by atoms with Crippen LogP contribution in [-0.2, 0) is 6.42 Å². The number of hydrogen-bond donors (Lipinski definition) is 1. The van der Waals surface area contributed by atoms with Gasteiger partial charge in [0, 0.05) is 44.0 Å². The van der Waals surface area contributed by atoms with Gasteiger partial charge in [-0.2, -0.15) is 0 Å². The van der Waals surface area contributed by atoms with Crippen LogP contribution in [0.5, 0.6) is 5.75 Å². The van der Waals surface area contributed by atoms with E-state index in [0.29, 0.717) is 19.6 Å². The Morgan fingerprint density at radius 3 is 2.32 bits per heavy atom. The minimum atomic E-state index is -0.0264. The Labute approximate surface area is 166 Å². The van der Waals surface area contributed by atoms with E-state index in [2.05, 4.69) is 10.2 Å². The van der Waals surface area contributed by atoms with Gasteiger partial charge in [-0.25, -0.2) is 4.79 Å². The van der Waals surface area contributed by atoms with Crippen molar-refractivity contribution in [2.24, 2.45) is 0 Å². The molecule has 1 saturated heterocycles.